The van der Waals surface area contributed by atoms with E-state index in [0.29, 0.717) is 9.95 Å². The van der Waals surface area contributed by atoms with Crippen LogP contribution in [0.15, 0.2) is 35.4 Å². The first-order chi connectivity index (χ1) is 7.41. The summed E-state index contributed by atoms with van der Waals surface area (Å²) in [5.74, 6) is 0. The van der Waals surface area contributed by atoms with E-state index in [4.69, 9.17) is 15.8 Å². The number of aromatic nitrogens is 1. The van der Waals surface area contributed by atoms with E-state index in [1.54, 1.807) is 18.2 Å². The van der Waals surface area contributed by atoms with Crippen molar-refractivity contribution in [3.05, 3.63) is 30.3 Å². The zero-order valence-corrected chi connectivity index (χ0v) is 9.36. The smallest absolute Gasteiger partial charge is 0.417 e. The van der Waals surface area contributed by atoms with E-state index < -0.39 is 20.2 Å². The molecule has 2 rings (SSSR count). The molecule has 84 valence electrons. The summed E-state index contributed by atoms with van der Waals surface area (Å²) in [6, 6.07) is 7.65. The summed E-state index contributed by atoms with van der Waals surface area (Å²) >= 11 is 0. The third kappa shape index (κ3) is 1.66. The highest BCUT2D eigenvalue weighted by Gasteiger charge is 2.22. The van der Waals surface area contributed by atoms with Crippen molar-refractivity contribution in [1.82, 2.24) is 4.57 Å². The number of hydrogen-bond donors (Lipinski definition) is 1. The van der Waals surface area contributed by atoms with Crippen LogP contribution >= 0.6 is 10.7 Å². The van der Waals surface area contributed by atoms with E-state index in [9.17, 15) is 13.2 Å². The van der Waals surface area contributed by atoms with Crippen LogP contribution in [0.1, 0.15) is 0 Å². The van der Waals surface area contributed by atoms with E-state index >= 15 is 0 Å². The standard InChI is InChI=1S/C9H6ClNO4S/c10-16(14,15)8-5-6-3-1-2-4-7(6)11(8)9(12)13/h1-5H,(H,12,13). The summed E-state index contributed by atoms with van der Waals surface area (Å²) in [5.41, 5.74) is 0.286. The lowest BCUT2D eigenvalue weighted by Crippen LogP contribution is -2.12. The van der Waals surface area contributed by atoms with Gasteiger partial charge in [0, 0.05) is 16.1 Å². The Morgan fingerprint density at radius 3 is 2.50 bits per heavy atom. The van der Waals surface area contributed by atoms with Crippen LogP contribution in [0.5, 0.6) is 0 Å². The monoisotopic (exact) mass is 259 g/mol. The molecule has 16 heavy (non-hydrogen) atoms. The van der Waals surface area contributed by atoms with Crippen LogP contribution in [0.3, 0.4) is 0 Å². The molecule has 2 aromatic rings. The molecule has 0 aliphatic heterocycles. The van der Waals surface area contributed by atoms with Gasteiger partial charge in [0.15, 0.2) is 5.03 Å². The van der Waals surface area contributed by atoms with Gasteiger partial charge in [0.1, 0.15) is 0 Å². The average molecular weight is 260 g/mol. The molecule has 0 radical (unpaired) electrons. The highest BCUT2D eigenvalue weighted by molar-refractivity contribution is 8.13. The van der Waals surface area contributed by atoms with Gasteiger partial charge in [0.2, 0.25) is 0 Å². The minimum absolute atomic E-state index is 0.286. The highest BCUT2D eigenvalue weighted by atomic mass is 35.7. The van der Waals surface area contributed by atoms with Crippen LogP contribution in [-0.2, 0) is 9.05 Å². The Bertz CT molecular complexity index is 674. The number of carboxylic acid groups (broad SMARTS) is 1. The number of rotatable bonds is 1. The molecule has 0 unspecified atom stereocenters. The molecular formula is C9H6ClNO4S. The fraction of sp³-hybridized carbons (Fsp3) is 0. The fourth-order valence-electron chi connectivity index (χ4n) is 1.51. The molecule has 0 aliphatic rings. The summed E-state index contributed by atoms with van der Waals surface area (Å²) < 4.78 is 23.1. The Kier molecular flexibility index (Phi) is 2.40. The van der Waals surface area contributed by atoms with Crippen LogP contribution < -0.4 is 0 Å². The van der Waals surface area contributed by atoms with Crippen LogP contribution in [0.2, 0.25) is 0 Å². The zero-order valence-electron chi connectivity index (χ0n) is 7.79. The van der Waals surface area contributed by atoms with E-state index in [-0.39, 0.29) is 5.52 Å². The van der Waals surface area contributed by atoms with Crippen molar-refractivity contribution in [3.8, 4) is 0 Å². The predicted octanol–water partition coefficient (Wildman–Crippen LogP) is 2.09. The molecule has 5 nitrogen and oxygen atoms in total. The maximum absolute atomic E-state index is 11.2. The Hall–Kier alpha value is -1.53. The number of halogens is 1. The molecule has 0 saturated heterocycles. The third-order valence-corrected chi connectivity index (χ3v) is 3.39. The summed E-state index contributed by atoms with van der Waals surface area (Å²) in [6.07, 6.45) is -1.39. The number of para-hydroxylation sites is 1. The second-order valence-electron chi connectivity index (χ2n) is 3.10. The van der Waals surface area contributed by atoms with Gasteiger partial charge in [-0.05, 0) is 12.1 Å². The Morgan fingerprint density at radius 2 is 1.94 bits per heavy atom. The largest absolute Gasteiger partial charge is 0.464 e. The molecule has 0 spiro atoms. The molecule has 0 bridgehead atoms. The first-order valence-corrected chi connectivity index (χ1v) is 6.50. The third-order valence-electron chi connectivity index (χ3n) is 2.12. The fourth-order valence-corrected chi connectivity index (χ4v) is 2.51. The lowest BCUT2D eigenvalue weighted by Gasteiger charge is -2.00. The minimum Gasteiger partial charge on any atom is -0.464 e. The first kappa shape index (κ1) is 11.0. The van der Waals surface area contributed by atoms with Crippen molar-refractivity contribution in [2.24, 2.45) is 0 Å². The Labute approximate surface area is 95.3 Å². The quantitative estimate of drug-likeness (QED) is 0.796. The molecular weight excluding hydrogens is 254 g/mol. The van der Waals surface area contributed by atoms with Crippen molar-refractivity contribution in [2.45, 2.75) is 5.03 Å². The maximum atomic E-state index is 11.2. The van der Waals surface area contributed by atoms with Gasteiger partial charge in [-0.1, -0.05) is 18.2 Å². The summed E-state index contributed by atoms with van der Waals surface area (Å²) in [4.78, 5) is 11.0. The molecule has 7 heteroatoms. The number of benzene rings is 1. The number of nitrogens with zero attached hydrogens (tertiary/aromatic N) is 1. The van der Waals surface area contributed by atoms with Crippen molar-refractivity contribution in [3.63, 3.8) is 0 Å². The highest BCUT2D eigenvalue weighted by Crippen LogP contribution is 2.25. The van der Waals surface area contributed by atoms with Gasteiger partial charge < -0.3 is 5.11 Å². The maximum Gasteiger partial charge on any atom is 0.417 e. The van der Waals surface area contributed by atoms with Crippen LogP contribution in [0, 0.1) is 0 Å². The summed E-state index contributed by atoms with van der Waals surface area (Å²) in [5, 5.41) is 9.02. The molecule has 1 N–H and O–H groups in total. The summed E-state index contributed by atoms with van der Waals surface area (Å²) in [6.45, 7) is 0. The van der Waals surface area contributed by atoms with E-state index in [2.05, 4.69) is 0 Å². The lowest BCUT2D eigenvalue weighted by atomic mass is 10.2. The van der Waals surface area contributed by atoms with Gasteiger partial charge in [0.25, 0.3) is 9.05 Å². The van der Waals surface area contributed by atoms with Gasteiger partial charge in [0.05, 0.1) is 5.52 Å². The van der Waals surface area contributed by atoms with Gasteiger partial charge >= 0.3 is 6.09 Å². The van der Waals surface area contributed by atoms with Crippen molar-refractivity contribution >= 4 is 36.7 Å². The van der Waals surface area contributed by atoms with E-state index in [1.165, 1.54) is 12.1 Å². The molecule has 1 aromatic carbocycles. The topological polar surface area (TPSA) is 76.4 Å². The molecule has 0 amide bonds. The van der Waals surface area contributed by atoms with Crippen molar-refractivity contribution in [1.29, 1.82) is 0 Å². The summed E-state index contributed by atoms with van der Waals surface area (Å²) in [7, 11) is 1.08. The zero-order chi connectivity index (χ0) is 11.9. The van der Waals surface area contributed by atoms with Gasteiger partial charge in [-0.3, -0.25) is 0 Å². The van der Waals surface area contributed by atoms with Crippen LogP contribution in [-0.4, -0.2) is 24.2 Å². The average Bonchev–Trinajstić information content (AvgIpc) is 2.55. The van der Waals surface area contributed by atoms with Gasteiger partial charge in [-0.25, -0.2) is 17.8 Å². The van der Waals surface area contributed by atoms with Gasteiger partial charge in [-0.15, -0.1) is 0 Å². The van der Waals surface area contributed by atoms with Crippen LogP contribution in [0.4, 0.5) is 4.79 Å². The predicted molar refractivity (Wildman–Crippen MR) is 58.4 cm³/mol. The number of hydrogen-bond acceptors (Lipinski definition) is 3. The van der Waals surface area contributed by atoms with E-state index in [0.717, 1.165) is 0 Å². The molecule has 1 aromatic heterocycles. The molecule has 1 heterocycles. The van der Waals surface area contributed by atoms with Crippen molar-refractivity contribution < 1.29 is 18.3 Å². The number of fused-ring (bicyclic) bond motifs is 1. The molecule has 0 saturated carbocycles. The van der Waals surface area contributed by atoms with Gasteiger partial charge in [-0.2, -0.15) is 0 Å². The first-order valence-electron chi connectivity index (χ1n) is 4.20. The van der Waals surface area contributed by atoms with E-state index in [1.807, 2.05) is 0 Å². The molecule has 0 fully saturated rings. The Balaban J connectivity index is 2.95. The molecule has 0 aliphatic carbocycles. The second-order valence-corrected chi connectivity index (χ2v) is 5.61. The molecule has 0 atom stereocenters. The minimum atomic E-state index is -4.09. The van der Waals surface area contributed by atoms with Crippen LogP contribution in [0.25, 0.3) is 10.9 Å². The second kappa shape index (κ2) is 3.50. The SMILES string of the molecule is O=C(O)n1c(S(=O)(=O)Cl)cc2ccccc21. The Morgan fingerprint density at radius 1 is 1.31 bits per heavy atom. The normalized spacial score (nSPS) is 11.8. The van der Waals surface area contributed by atoms with Crippen molar-refractivity contribution in [2.75, 3.05) is 0 Å². The lowest BCUT2D eigenvalue weighted by molar-refractivity contribution is 0.195. The number of carbonyl (C=O) groups is 1.